The van der Waals surface area contributed by atoms with Crippen molar-refractivity contribution in [2.45, 2.75) is 38.1 Å². The highest BCUT2D eigenvalue weighted by molar-refractivity contribution is 9.11. The fourth-order valence-corrected chi connectivity index (χ4v) is 7.23. The summed E-state index contributed by atoms with van der Waals surface area (Å²) in [4.78, 5) is 2.58. The molecule has 0 atom stereocenters. The lowest BCUT2D eigenvalue weighted by molar-refractivity contribution is 0.300. The van der Waals surface area contributed by atoms with Crippen molar-refractivity contribution >= 4 is 86.9 Å². The van der Waals surface area contributed by atoms with Crippen LogP contribution in [0.4, 0.5) is 0 Å². The second-order valence-electron chi connectivity index (χ2n) is 7.05. The molecule has 0 unspecified atom stereocenters. The van der Waals surface area contributed by atoms with Crippen molar-refractivity contribution in [2.75, 3.05) is 0 Å². The van der Waals surface area contributed by atoms with Gasteiger partial charge in [0.15, 0.2) is 0 Å². The van der Waals surface area contributed by atoms with E-state index in [1.54, 1.807) is 11.8 Å². The molecule has 2 aromatic rings. The average molecular weight is 649 g/mol. The zero-order chi connectivity index (χ0) is 19.7. The van der Waals surface area contributed by atoms with Gasteiger partial charge in [-0.2, -0.15) is 0 Å². The van der Waals surface area contributed by atoms with Crippen LogP contribution in [0.3, 0.4) is 0 Å². The molecule has 6 heteroatoms. The number of hydrogen-bond acceptors (Lipinski definition) is 2. The molecule has 0 bridgehead atoms. The summed E-state index contributed by atoms with van der Waals surface area (Å²) in [6.45, 7) is 0. The highest BCUT2D eigenvalue weighted by Crippen LogP contribution is 2.45. The van der Waals surface area contributed by atoms with Gasteiger partial charge in [0.2, 0.25) is 0 Å². The largest absolute Gasteiger partial charge is 0.336 e. The summed E-state index contributed by atoms with van der Waals surface area (Å²) in [5.74, 6) is 0. The number of hydrogen-bond donors (Lipinski definition) is 0. The molecule has 1 aliphatic heterocycles. The molecule has 0 N–H and O–H groups in total. The van der Waals surface area contributed by atoms with Gasteiger partial charge in [-0.25, -0.2) is 0 Å². The van der Waals surface area contributed by atoms with Gasteiger partial charge in [0, 0.05) is 35.1 Å². The third-order valence-corrected chi connectivity index (χ3v) is 8.25. The molecule has 2 aromatic carbocycles. The molecular weight excluding hydrogens is 630 g/mol. The third kappa shape index (κ3) is 4.51. The highest BCUT2D eigenvalue weighted by atomic mass is 79.9. The second-order valence-corrected chi connectivity index (χ2v) is 11.3. The second kappa shape index (κ2) is 9.42. The van der Waals surface area contributed by atoms with Gasteiger partial charge < -0.3 is 4.90 Å². The first kappa shape index (κ1) is 21.2. The Labute approximate surface area is 204 Å². The molecule has 1 nitrogen and oxygen atoms in total. The maximum Gasteiger partial charge on any atom is 0.0566 e. The van der Waals surface area contributed by atoms with Crippen molar-refractivity contribution in [3.63, 3.8) is 0 Å². The normalized spacial score (nSPS) is 18.1. The van der Waals surface area contributed by atoms with Crippen LogP contribution < -0.4 is 0 Å². The predicted molar refractivity (Wildman–Crippen MR) is 136 cm³/mol. The van der Waals surface area contributed by atoms with E-state index in [2.05, 4.69) is 116 Å². The highest BCUT2D eigenvalue weighted by Gasteiger charge is 2.30. The van der Waals surface area contributed by atoms with E-state index < -0.39 is 0 Å². The summed E-state index contributed by atoms with van der Waals surface area (Å²) >= 11 is 16.5. The quantitative estimate of drug-likeness (QED) is 0.326. The van der Waals surface area contributed by atoms with Crippen molar-refractivity contribution in [1.29, 1.82) is 0 Å². The number of thioether (sulfide) groups is 1. The monoisotopic (exact) mass is 645 g/mol. The Morgan fingerprint density at radius 3 is 1.68 bits per heavy atom. The van der Waals surface area contributed by atoms with Gasteiger partial charge in [0.05, 0.1) is 11.4 Å². The first-order valence-corrected chi connectivity index (χ1v) is 13.4. The van der Waals surface area contributed by atoms with E-state index in [1.165, 1.54) is 54.6 Å². The first-order valence-electron chi connectivity index (χ1n) is 9.30. The van der Waals surface area contributed by atoms with Gasteiger partial charge in [-0.1, -0.05) is 95.1 Å². The third-order valence-electron chi connectivity index (χ3n) is 5.23. The van der Waals surface area contributed by atoms with Crippen molar-refractivity contribution in [1.82, 2.24) is 4.90 Å². The SMILES string of the molecule is Brc1ccc(C2=CSC=C(c3ccc(Br)cc3Br)N2C2CCCCC2)c(Br)c1. The molecule has 4 rings (SSSR count). The van der Waals surface area contributed by atoms with Crippen LogP contribution in [0, 0.1) is 0 Å². The van der Waals surface area contributed by atoms with Crippen LogP contribution in [0.5, 0.6) is 0 Å². The zero-order valence-corrected chi connectivity index (χ0v) is 22.3. The van der Waals surface area contributed by atoms with Crippen LogP contribution in [-0.4, -0.2) is 10.9 Å². The smallest absolute Gasteiger partial charge is 0.0566 e. The fourth-order valence-electron chi connectivity index (χ4n) is 3.92. The topological polar surface area (TPSA) is 3.24 Å². The number of nitrogens with zero attached hydrogens (tertiary/aromatic N) is 1. The van der Waals surface area contributed by atoms with Crippen LogP contribution in [0.1, 0.15) is 43.2 Å². The molecule has 2 aliphatic rings. The van der Waals surface area contributed by atoms with Gasteiger partial charge >= 0.3 is 0 Å². The molecule has 0 aromatic heterocycles. The Morgan fingerprint density at radius 2 is 1.21 bits per heavy atom. The van der Waals surface area contributed by atoms with Crippen molar-refractivity contribution in [2.24, 2.45) is 0 Å². The molecule has 146 valence electrons. The summed E-state index contributed by atoms with van der Waals surface area (Å²) in [7, 11) is 0. The standard InChI is InChI=1S/C22H19Br4NS/c23-14-6-8-17(19(25)10-14)21-12-28-13-22(18-9-7-15(24)11-20(18)26)27(21)16-4-2-1-3-5-16/h6-13,16H,1-5H2. The van der Waals surface area contributed by atoms with Gasteiger partial charge in [0.1, 0.15) is 0 Å². The molecule has 0 radical (unpaired) electrons. The lowest BCUT2D eigenvalue weighted by atomic mass is 9.92. The average Bonchev–Trinajstić information content (AvgIpc) is 2.68. The summed E-state index contributed by atoms with van der Waals surface area (Å²) in [6.07, 6.45) is 6.43. The molecule has 0 spiro atoms. The zero-order valence-electron chi connectivity index (χ0n) is 15.1. The molecule has 0 amide bonds. The molecule has 1 saturated carbocycles. The Kier molecular flexibility index (Phi) is 7.14. The van der Waals surface area contributed by atoms with E-state index >= 15 is 0 Å². The Hall–Kier alpha value is -0.0100. The van der Waals surface area contributed by atoms with E-state index in [0.717, 1.165) is 17.9 Å². The minimum atomic E-state index is 0.526. The minimum Gasteiger partial charge on any atom is -0.336 e. The Balaban J connectivity index is 1.81. The van der Waals surface area contributed by atoms with Crippen LogP contribution in [0.2, 0.25) is 0 Å². The molecule has 1 fully saturated rings. The van der Waals surface area contributed by atoms with Gasteiger partial charge in [-0.15, -0.1) is 11.8 Å². The maximum atomic E-state index is 3.79. The minimum absolute atomic E-state index is 0.526. The lowest BCUT2D eigenvalue weighted by Crippen LogP contribution is -2.35. The van der Waals surface area contributed by atoms with Crippen molar-refractivity contribution < 1.29 is 0 Å². The molecule has 0 saturated heterocycles. The predicted octanol–water partition coefficient (Wildman–Crippen LogP) is 9.42. The van der Waals surface area contributed by atoms with Crippen LogP contribution in [0.15, 0.2) is 65.1 Å². The van der Waals surface area contributed by atoms with Gasteiger partial charge in [-0.05, 0) is 47.9 Å². The van der Waals surface area contributed by atoms with Gasteiger partial charge in [-0.3, -0.25) is 0 Å². The summed E-state index contributed by atoms with van der Waals surface area (Å²) in [6, 6.07) is 13.4. The summed E-state index contributed by atoms with van der Waals surface area (Å²) in [5, 5.41) is 4.58. The van der Waals surface area contributed by atoms with Crippen LogP contribution >= 0.6 is 75.5 Å². The summed E-state index contributed by atoms with van der Waals surface area (Å²) < 4.78 is 4.40. The van der Waals surface area contributed by atoms with Crippen molar-refractivity contribution in [3.8, 4) is 0 Å². The lowest BCUT2D eigenvalue weighted by Gasteiger charge is -2.41. The van der Waals surface area contributed by atoms with E-state index in [9.17, 15) is 0 Å². The van der Waals surface area contributed by atoms with Crippen molar-refractivity contribution in [3.05, 3.63) is 76.2 Å². The van der Waals surface area contributed by atoms with Gasteiger partial charge in [0.25, 0.3) is 0 Å². The van der Waals surface area contributed by atoms with E-state index in [4.69, 9.17) is 0 Å². The van der Waals surface area contributed by atoms with E-state index in [0.29, 0.717) is 6.04 Å². The number of benzene rings is 2. The Bertz CT molecular complexity index is 880. The Morgan fingerprint density at radius 1 is 0.714 bits per heavy atom. The number of rotatable bonds is 3. The van der Waals surface area contributed by atoms with E-state index in [-0.39, 0.29) is 0 Å². The van der Waals surface area contributed by atoms with E-state index in [1.807, 2.05) is 0 Å². The summed E-state index contributed by atoms with van der Waals surface area (Å²) in [5.41, 5.74) is 5.03. The first-order chi connectivity index (χ1) is 13.5. The maximum absolute atomic E-state index is 3.79. The molecule has 28 heavy (non-hydrogen) atoms. The fraction of sp³-hybridized carbons (Fsp3) is 0.273. The molecule has 1 heterocycles. The molecular formula is C22H19Br4NS. The van der Waals surface area contributed by atoms with Crippen LogP contribution in [0.25, 0.3) is 11.4 Å². The number of halogens is 4. The molecule has 1 aliphatic carbocycles. The van der Waals surface area contributed by atoms with Crippen LogP contribution in [-0.2, 0) is 0 Å².